The summed E-state index contributed by atoms with van der Waals surface area (Å²) in [5.74, 6) is 0. The van der Waals surface area contributed by atoms with E-state index in [1.807, 2.05) is 0 Å². The van der Waals surface area contributed by atoms with Crippen LogP contribution in [0.2, 0.25) is 0 Å². The average Bonchev–Trinajstić information content (AvgIpc) is 0.722. The summed E-state index contributed by atoms with van der Waals surface area (Å²) in [7, 11) is -4.92. The number of rotatable bonds is 0. The molecule has 0 aliphatic rings. The Labute approximate surface area is 99.0 Å². The van der Waals surface area contributed by atoms with Crippen LogP contribution in [0.4, 0.5) is 0 Å². The Bertz CT molecular complexity index is 95.6. The van der Waals surface area contributed by atoms with Crippen molar-refractivity contribution in [3.05, 3.63) is 0 Å². The summed E-state index contributed by atoms with van der Waals surface area (Å²) in [5.41, 5.74) is 0. The molecule has 0 atom stereocenters. The molecule has 0 spiro atoms. The van der Waals surface area contributed by atoms with Crippen molar-refractivity contribution in [2.24, 2.45) is 0 Å². The van der Waals surface area contributed by atoms with Crippen LogP contribution in [0.5, 0.6) is 0 Å². The van der Waals surface area contributed by atoms with Gasteiger partial charge in [0.05, 0.1) is 0 Å². The molecular weight excluding hydrogens is 175 g/mol. The zero-order chi connectivity index (χ0) is 4.50. The summed E-state index contributed by atoms with van der Waals surface area (Å²) in [6, 6.07) is 0. The normalized spacial score (nSPS) is 7.25. The first-order valence-corrected chi connectivity index (χ1v) is 2.05. The summed E-state index contributed by atoms with van der Waals surface area (Å²) in [6.45, 7) is 0. The van der Waals surface area contributed by atoms with Gasteiger partial charge in [-0.3, -0.25) is 4.55 Å². The van der Waals surface area contributed by atoms with E-state index in [4.69, 9.17) is 17.5 Å². The summed E-state index contributed by atoms with van der Waals surface area (Å²) >= 11 is 0. The van der Waals surface area contributed by atoms with Crippen LogP contribution in [0, 0.1) is 0 Å². The first-order chi connectivity index (χ1) is 2.00. The van der Waals surface area contributed by atoms with Crippen molar-refractivity contribution in [3.8, 4) is 0 Å². The molecule has 0 saturated carbocycles. The number of hydrogen-bond donors (Lipinski definition) is 1. The molecule has 8 heavy (non-hydrogen) atoms. The fraction of sp³-hybridized carbons (Fsp3) is 0. The van der Waals surface area contributed by atoms with Gasteiger partial charge >= 0.3 is 67.3 Å². The van der Waals surface area contributed by atoms with E-state index in [2.05, 4.69) is 0 Å². The van der Waals surface area contributed by atoms with Crippen molar-refractivity contribution in [3.63, 3.8) is 0 Å². The van der Waals surface area contributed by atoms with Gasteiger partial charge in [-0.15, -0.1) is 0 Å². The smallest absolute Gasteiger partial charge is 2.00 e. The van der Waals surface area contributed by atoms with Crippen LogP contribution in [0.1, 0.15) is 0 Å². The van der Waals surface area contributed by atoms with Crippen molar-refractivity contribution < 1.29 is 52.6 Å². The maximum Gasteiger partial charge on any atom is 2.00 e. The monoisotopic (exact) mass is 176 g/mol. The molecule has 0 aliphatic heterocycles. The Hall–Kier alpha value is 2.09. The number of hydrogen-bond acceptors (Lipinski definition) is 3. The zero-order valence-corrected chi connectivity index (χ0v) is 9.22. The molecule has 5 nitrogen and oxygen atoms in total. The zero-order valence-electron chi connectivity index (χ0n) is 4.20. The molecule has 0 bridgehead atoms. The molecule has 0 saturated heterocycles. The first kappa shape index (κ1) is 22.5. The van der Waals surface area contributed by atoms with E-state index in [0.29, 0.717) is 0 Å². The molecule has 0 aromatic heterocycles. The van der Waals surface area contributed by atoms with Crippen molar-refractivity contribution in [2.45, 2.75) is 0 Å². The second-order valence-electron chi connectivity index (χ2n) is 0.428. The molecule has 0 radical (unpaired) electrons. The van der Waals surface area contributed by atoms with Crippen LogP contribution < -0.4 is 29.6 Å². The third-order valence-electron chi connectivity index (χ3n) is 0. The maximum absolute atomic E-state index is 8.63. The Morgan fingerprint density at radius 1 is 1.38 bits per heavy atom. The molecule has 0 aliphatic carbocycles. The second-order valence-corrected chi connectivity index (χ2v) is 1.28. The molecule has 8 heteroatoms. The quantitative estimate of drug-likeness (QED) is 0.228. The maximum atomic E-state index is 8.63. The van der Waals surface area contributed by atoms with Crippen LogP contribution in [0.15, 0.2) is 0 Å². The molecular formula is HCaNaO5S. The largest absolute Gasteiger partial charge is 2.00 e. The van der Waals surface area contributed by atoms with Gasteiger partial charge in [-0.25, -0.2) is 8.42 Å². The van der Waals surface area contributed by atoms with Crippen molar-refractivity contribution in [2.75, 3.05) is 0 Å². The molecule has 0 fully saturated rings. The van der Waals surface area contributed by atoms with Gasteiger partial charge in [-0.2, -0.15) is 0 Å². The minimum Gasteiger partial charge on any atom is -2.00 e. The fourth-order valence-corrected chi connectivity index (χ4v) is 0. The van der Waals surface area contributed by atoms with Gasteiger partial charge in [0.2, 0.25) is 10.4 Å². The fourth-order valence-electron chi connectivity index (χ4n) is 0. The average molecular weight is 176 g/mol. The molecule has 40 valence electrons. The van der Waals surface area contributed by atoms with E-state index in [-0.39, 0.29) is 72.8 Å². The van der Waals surface area contributed by atoms with E-state index >= 15 is 0 Å². The first-order valence-electron chi connectivity index (χ1n) is 0.683. The van der Waals surface area contributed by atoms with Crippen LogP contribution in [0.25, 0.3) is 0 Å². The van der Waals surface area contributed by atoms with Crippen LogP contribution in [-0.2, 0) is 15.9 Å². The van der Waals surface area contributed by atoms with Gasteiger partial charge in [-0.1, -0.05) is 0 Å². The SMILES string of the molecule is O=S(=O)([O-])O.[Ca+2].[Na+].[O-2]. The Morgan fingerprint density at radius 2 is 1.38 bits per heavy atom. The summed E-state index contributed by atoms with van der Waals surface area (Å²) in [4.78, 5) is 0. The Balaban J connectivity index is -0.0000000267. The topological polar surface area (TPSA) is 106 Å². The standard InChI is InChI=1S/Ca.Na.H2O4S.O/c;;1-5(2,3)4;/h;;(H2,1,2,3,4);/q+2;+1;;-2/p-1. The minimum absolute atomic E-state index is 0. The van der Waals surface area contributed by atoms with E-state index in [1.54, 1.807) is 0 Å². The summed E-state index contributed by atoms with van der Waals surface area (Å²) < 4.78 is 32.8. The Kier molecular flexibility index (Phi) is 25.5. The van der Waals surface area contributed by atoms with Crippen LogP contribution in [-0.4, -0.2) is 55.3 Å². The van der Waals surface area contributed by atoms with E-state index in [1.165, 1.54) is 0 Å². The molecule has 0 unspecified atom stereocenters. The van der Waals surface area contributed by atoms with Gasteiger partial charge in [0.25, 0.3) is 0 Å². The molecule has 0 aromatic carbocycles. The summed E-state index contributed by atoms with van der Waals surface area (Å²) in [6.07, 6.45) is 0. The summed E-state index contributed by atoms with van der Waals surface area (Å²) in [5, 5.41) is 0. The predicted molar refractivity (Wildman–Crippen MR) is 18.8 cm³/mol. The predicted octanol–water partition coefficient (Wildman–Crippen LogP) is -4.49. The van der Waals surface area contributed by atoms with Crippen LogP contribution >= 0.6 is 0 Å². The van der Waals surface area contributed by atoms with Gasteiger partial charge in [0, 0.05) is 0 Å². The van der Waals surface area contributed by atoms with E-state index in [0.717, 1.165) is 0 Å². The molecule has 0 amide bonds. The van der Waals surface area contributed by atoms with Gasteiger partial charge in [0.1, 0.15) is 0 Å². The van der Waals surface area contributed by atoms with Crippen molar-refractivity contribution in [1.29, 1.82) is 0 Å². The molecule has 1 N–H and O–H groups in total. The molecule has 0 rings (SSSR count). The van der Waals surface area contributed by atoms with Crippen LogP contribution in [0.3, 0.4) is 0 Å². The van der Waals surface area contributed by atoms with Gasteiger partial charge in [-0.05, 0) is 0 Å². The Morgan fingerprint density at radius 3 is 1.38 bits per heavy atom. The van der Waals surface area contributed by atoms with Crippen molar-refractivity contribution >= 4 is 48.1 Å². The second kappa shape index (κ2) is 9.09. The molecule has 0 heterocycles. The van der Waals surface area contributed by atoms with Gasteiger partial charge < -0.3 is 10.0 Å². The minimum atomic E-state index is -4.92. The van der Waals surface area contributed by atoms with E-state index < -0.39 is 10.4 Å². The molecule has 0 aromatic rings. The third kappa shape index (κ3) is 93.1. The van der Waals surface area contributed by atoms with E-state index in [9.17, 15) is 0 Å². The van der Waals surface area contributed by atoms with Gasteiger partial charge in [0.15, 0.2) is 0 Å². The van der Waals surface area contributed by atoms with Crippen molar-refractivity contribution in [1.82, 2.24) is 0 Å². The third-order valence-corrected chi connectivity index (χ3v) is 0.